The Labute approximate surface area is 141 Å². The van der Waals surface area contributed by atoms with E-state index < -0.39 is 17.0 Å². The highest BCUT2D eigenvalue weighted by Gasteiger charge is 2.30. The van der Waals surface area contributed by atoms with Gasteiger partial charge in [0, 0.05) is 10.6 Å². The number of hydrogen-bond acceptors (Lipinski definition) is 3. The van der Waals surface area contributed by atoms with Gasteiger partial charge < -0.3 is 5.32 Å². The van der Waals surface area contributed by atoms with Gasteiger partial charge in [0.15, 0.2) is 0 Å². The molecule has 7 heteroatoms. The summed E-state index contributed by atoms with van der Waals surface area (Å²) in [6.07, 6.45) is -4.41. The lowest BCUT2D eigenvalue weighted by Gasteiger charge is -2.13. The van der Waals surface area contributed by atoms with Gasteiger partial charge in [0.25, 0.3) is 0 Å². The summed E-state index contributed by atoms with van der Waals surface area (Å²) < 4.78 is 38.1. The summed E-state index contributed by atoms with van der Waals surface area (Å²) in [5, 5.41) is 10.8. The minimum Gasteiger partial charge on any atom is -0.325 e. The van der Waals surface area contributed by atoms with E-state index in [0.29, 0.717) is 16.1 Å². The standard InChI is InChI=1S/C17H13F3N2OS/c1-11(16(23)22-14-7-5-12(10-21)6-8-14)24-15-4-2-3-13(9-15)17(18,19)20/h2-9,11H,1H3,(H,22,23)/t11-/m0/s1. The number of alkyl halides is 3. The number of hydrogen-bond donors (Lipinski definition) is 1. The normalized spacial score (nSPS) is 12.3. The van der Waals surface area contributed by atoms with Gasteiger partial charge in [-0.15, -0.1) is 11.8 Å². The van der Waals surface area contributed by atoms with Crippen molar-refractivity contribution in [2.45, 2.75) is 23.2 Å². The molecular formula is C17H13F3N2OS. The molecule has 0 bridgehead atoms. The monoisotopic (exact) mass is 350 g/mol. The second-order valence-corrected chi connectivity index (χ2v) is 6.38. The van der Waals surface area contributed by atoms with Crippen LogP contribution in [-0.2, 0) is 11.0 Å². The number of carbonyl (C=O) groups is 1. The molecule has 0 heterocycles. The Kier molecular flexibility index (Phi) is 5.52. The molecule has 0 saturated heterocycles. The van der Waals surface area contributed by atoms with Crippen molar-refractivity contribution in [2.75, 3.05) is 5.32 Å². The number of amides is 1. The zero-order valence-corrected chi connectivity index (χ0v) is 13.4. The maximum atomic E-state index is 12.7. The molecule has 2 aromatic rings. The number of carbonyl (C=O) groups excluding carboxylic acids is 1. The zero-order valence-electron chi connectivity index (χ0n) is 12.6. The van der Waals surface area contributed by atoms with E-state index in [9.17, 15) is 18.0 Å². The van der Waals surface area contributed by atoms with Crippen LogP contribution in [0.3, 0.4) is 0 Å². The summed E-state index contributed by atoms with van der Waals surface area (Å²) >= 11 is 1.04. The SMILES string of the molecule is C[C@H](Sc1cccc(C(F)(F)F)c1)C(=O)Nc1ccc(C#N)cc1. The molecule has 1 N–H and O–H groups in total. The molecule has 0 unspecified atom stereocenters. The highest BCUT2D eigenvalue weighted by atomic mass is 32.2. The number of nitrogens with zero attached hydrogens (tertiary/aromatic N) is 1. The summed E-state index contributed by atoms with van der Waals surface area (Å²) in [5.74, 6) is -0.331. The van der Waals surface area contributed by atoms with Crippen LogP contribution in [0.1, 0.15) is 18.1 Å². The van der Waals surface area contributed by atoms with Gasteiger partial charge in [-0.1, -0.05) is 6.07 Å². The quantitative estimate of drug-likeness (QED) is 0.814. The zero-order chi connectivity index (χ0) is 17.7. The van der Waals surface area contributed by atoms with E-state index in [0.717, 1.165) is 23.9 Å². The third-order valence-corrected chi connectivity index (χ3v) is 4.22. The van der Waals surface area contributed by atoms with Crippen molar-refractivity contribution in [1.82, 2.24) is 0 Å². The van der Waals surface area contributed by atoms with Crippen LogP contribution in [0.4, 0.5) is 18.9 Å². The molecule has 2 rings (SSSR count). The first-order valence-electron chi connectivity index (χ1n) is 6.94. The first kappa shape index (κ1) is 17.9. The predicted molar refractivity (Wildman–Crippen MR) is 86.5 cm³/mol. The minimum atomic E-state index is -4.41. The lowest BCUT2D eigenvalue weighted by atomic mass is 10.2. The topological polar surface area (TPSA) is 52.9 Å². The van der Waals surface area contributed by atoms with Crippen LogP contribution >= 0.6 is 11.8 Å². The van der Waals surface area contributed by atoms with Crippen molar-refractivity contribution in [3.63, 3.8) is 0 Å². The van der Waals surface area contributed by atoms with Gasteiger partial charge in [0.05, 0.1) is 22.4 Å². The molecule has 24 heavy (non-hydrogen) atoms. The van der Waals surface area contributed by atoms with E-state index in [1.54, 1.807) is 31.2 Å². The average molecular weight is 350 g/mol. The lowest BCUT2D eigenvalue weighted by molar-refractivity contribution is -0.137. The smallest absolute Gasteiger partial charge is 0.325 e. The maximum absolute atomic E-state index is 12.7. The van der Waals surface area contributed by atoms with Crippen LogP contribution in [0.5, 0.6) is 0 Å². The average Bonchev–Trinajstić information content (AvgIpc) is 2.55. The molecule has 0 fully saturated rings. The molecule has 0 aliphatic rings. The van der Waals surface area contributed by atoms with Crippen LogP contribution in [0.2, 0.25) is 0 Å². The number of anilines is 1. The van der Waals surface area contributed by atoms with Crippen molar-refractivity contribution >= 4 is 23.4 Å². The van der Waals surface area contributed by atoms with Crippen molar-refractivity contribution in [3.8, 4) is 6.07 Å². The minimum absolute atomic E-state index is 0.331. The molecule has 0 aliphatic heterocycles. The molecular weight excluding hydrogens is 337 g/mol. The van der Waals surface area contributed by atoms with E-state index in [-0.39, 0.29) is 5.91 Å². The first-order valence-corrected chi connectivity index (χ1v) is 7.82. The van der Waals surface area contributed by atoms with Gasteiger partial charge in [-0.25, -0.2) is 0 Å². The van der Waals surface area contributed by atoms with Gasteiger partial charge in [-0.3, -0.25) is 4.79 Å². The summed E-state index contributed by atoms with van der Waals surface area (Å²) in [6, 6.07) is 13.2. The maximum Gasteiger partial charge on any atom is 0.416 e. The number of thioether (sulfide) groups is 1. The Morgan fingerprint density at radius 1 is 1.21 bits per heavy atom. The Bertz CT molecular complexity index is 767. The predicted octanol–water partition coefficient (Wildman–Crippen LogP) is 4.70. The Morgan fingerprint density at radius 2 is 1.88 bits per heavy atom. The molecule has 1 amide bonds. The fourth-order valence-corrected chi connectivity index (χ4v) is 2.80. The molecule has 1 atom stereocenters. The van der Waals surface area contributed by atoms with Gasteiger partial charge in [-0.2, -0.15) is 18.4 Å². The molecule has 124 valence electrons. The van der Waals surface area contributed by atoms with Crippen LogP contribution < -0.4 is 5.32 Å². The third-order valence-electron chi connectivity index (χ3n) is 3.12. The molecule has 0 aliphatic carbocycles. The number of rotatable bonds is 4. The molecule has 3 nitrogen and oxygen atoms in total. The Hall–Kier alpha value is -2.46. The van der Waals surface area contributed by atoms with E-state index in [2.05, 4.69) is 5.32 Å². The Morgan fingerprint density at radius 3 is 2.46 bits per heavy atom. The van der Waals surface area contributed by atoms with Gasteiger partial charge in [-0.05, 0) is 49.4 Å². The highest BCUT2D eigenvalue weighted by Crippen LogP contribution is 2.33. The summed E-state index contributed by atoms with van der Waals surface area (Å²) in [4.78, 5) is 12.5. The number of benzene rings is 2. The second-order valence-electron chi connectivity index (χ2n) is 4.96. The molecule has 0 aromatic heterocycles. The van der Waals surface area contributed by atoms with E-state index in [1.165, 1.54) is 12.1 Å². The second kappa shape index (κ2) is 7.41. The highest BCUT2D eigenvalue weighted by molar-refractivity contribution is 8.00. The van der Waals surface area contributed by atoms with Crippen molar-refractivity contribution in [3.05, 3.63) is 59.7 Å². The van der Waals surface area contributed by atoms with E-state index >= 15 is 0 Å². The first-order chi connectivity index (χ1) is 11.3. The number of halogens is 3. The van der Waals surface area contributed by atoms with Crippen LogP contribution in [0.25, 0.3) is 0 Å². The fourth-order valence-electron chi connectivity index (χ4n) is 1.88. The van der Waals surface area contributed by atoms with Crippen LogP contribution in [0, 0.1) is 11.3 Å². The third kappa shape index (κ3) is 4.77. The van der Waals surface area contributed by atoms with Gasteiger partial charge in [0.2, 0.25) is 5.91 Å². The lowest BCUT2D eigenvalue weighted by Crippen LogP contribution is -2.22. The van der Waals surface area contributed by atoms with Gasteiger partial charge >= 0.3 is 6.18 Å². The largest absolute Gasteiger partial charge is 0.416 e. The summed E-state index contributed by atoms with van der Waals surface area (Å²) in [5.41, 5.74) is 0.252. The number of nitriles is 1. The molecule has 2 aromatic carbocycles. The van der Waals surface area contributed by atoms with E-state index in [4.69, 9.17) is 5.26 Å². The van der Waals surface area contributed by atoms with E-state index in [1.807, 2.05) is 6.07 Å². The molecule has 0 spiro atoms. The van der Waals surface area contributed by atoms with Gasteiger partial charge in [0.1, 0.15) is 0 Å². The summed E-state index contributed by atoms with van der Waals surface area (Å²) in [6.45, 7) is 1.61. The fraction of sp³-hybridized carbons (Fsp3) is 0.176. The van der Waals surface area contributed by atoms with Crippen molar-refractivity contribution < 1.29 is 18.0 Å². The molecule has 0 radical (unpaired) electrons. The number of nitrogens with one attached hydrogen (secondary N) is 1. The van der Waals surface area contributed by atoms with Crippen LogP contribution in [-0.4, -0.2) is 11.2 Å². The summed E-state index contributed by atoms with van der Waals surface area (Å²) in [7, 11) is 0. The Balaban J connectivity index is 2.02. The van der Waals surface area contributed by atoms with Crippen molar-refractivity contribution in [2.24, 2.45) is 0 Å². The van der Waals surface area contributed by atoms with Crippen LogP contribution in [0.15, 0.2) is 53.4 Å². The molecule has 0 saturated carbocycles. The van der Waals surface area contributed by atoms with Crippen molar-refractivity contribution in [1.29, 1.82) is 5.26 Å².